The van der Waals surface area contributed by atoms with Crippen molar-refractivity contribution in [2.75, 3.05) is 44.8 Å². The lowest BCUT2D eigenvalue weighted by Gasteiger charge is -2.39. The lowest BCUT2D eigenvalue weighted by molar-refractivity contribution is -0.137. The number of nitrogens with two attached hydrogens (primary N) is 1. The highest BCUT2D eigenvalue weighted by Gasteiger charge is 2.51. The maximum atomic E-state index is 12.8. The number of nitrogens with one attached hydrogen (secondary N) is 2. The van der Waals surface area contributed by atoms with Crippen LogP contribution in [0.5, 0.6) is 0 Å². The van der Waals surface area contributed by atoms with Gasteiger partial charge in [0.1, 0.15) is 36.3 Å². The van der Waals surface area contributed by atoms with E-state index in [0.717, 1.165) is 41.8 Å². The largest absolute Gasteiger partial charge is 0.481 e. The number of nitrogens with zero attached hydrogens (tertiary/aromatic N) is 5. The van der Waals surface area contributed by atoms with Gasteiger partial charge >= 0.3 is 23.5 Å². The second-order valence-corrected chi connectivity index (χ2v) is 20.4. The number of fused-ring (bicyclic) bond motifs is 3. The summed E-state index contributed by atoms with van der Waals surface area (Å²) in [4.78, 5) is 91.0. The number of imidazole rings is 1. The van der Waals surface area contributed by atoms with Gasteiger partial charge in [0.2, 0.25) is 11.8 Å². The molecule has 2 amide bonds. The number of phosphoric ester groups is 3. The van der Waals surface area contributed by atoms with Crippen molar-refractivity contribution in [2.24, 2.45) is 11.3 Å². The molecule has 3 fully saturated rings. The van der Waals surface area contributed by atoms with Crippen LogP contribution >= 0.6 is 35.2 Å². The quantitative estimate of drug-likeness (QED) is 0.0534. The fourth-order valence-electron chi connectivity index (χ4n) is 7.13. The standard InChI is InChI=1S/C30H49N8O18P3S/c1-30(2,24(42)27(43)33-7-6-19(40)32-8-9-60-29(44)20-16-5-4-15(37(16)3)10-17(20)39)12-53-59(50,51)56-58(48,49)52-11-18-23(55-57(45,46)47)22(41)28(54-18)38-14-36-21-25(31)34-13-35-26(21)38/h13-18,20,22-24,28,39,41-42H,4-12H2,1-3H3,(H,32,40)(H,33,43)(H,48,49)(H,50,51)(H2,31,34,35)(H2,45,46,47)/t15-,16+,17-,18+,20-,22+,23+,24?,28+/m0/s1. The Labute approximate surface area is 346 Å². The number of aliphatic hydroxyl groups is 3. The van der Waals surface area contributed by atoms with Gasteiger partial charge in [0, 0.05) is 42.8 Å². The van der Waals surface area contributed by atoms with Gasteiger partial charge in [-0.15, -0.1) is 0 Å². The van der Waals surface area contributed by atoms with Gasteiger partial charge in [-0.1, -0.05) is 25.6 Å². The maximum Gasteiger partial charge on any atom is 0.481 e. The molecule has 5 heterocycles. The predicted octanol–water partition coefficient (Wildman–Crippen LogP) is -1.49. The van der Waals surface area contributed by atoms with E-state index in [4.69, 9.17) is 19.5 Å². The van der Waals surface area contributed by atoms with Crippen LogP contribution in [0, 0.1) is 11.3 Å². The Morgan fingerprint density at radius 3 is 2.45 bits per heavy atom. The van der Waals surface area contributed by atoms with Gasteiger partial charge in [-0.2, -0.15) is 4.31 Å². The van der Waals surface area contributed by atoms with Gasteiger partial charge in [0.25, 0.3) is 0 Å². The third-order valence-electron chi connectivity index (χ3n) is 10.3. The molecule has 11 N–H and O–H groups in total. The van der Waals surface area contributed by atoms with E-state index in [0.29, 0.717) is 6.42 Å². The van der Waals surface area contributed by atoms with Crippen molar-refractivity contribution >= 4 is 69.1 Å². The number of phosphoric acid groups is 3. The number of anilines is 1. The second kappa shape index (κ2) is 19.5. The highest BCUT2D eigenvalue weighted by atomic mass is 32.2. The average molecular weight is 935 g/mol. The number of carbonyl (C=O) groups excluding carboxylic acids is 3. The zero-order valence-corrected chi connectivity index (χ0v) is 35.9. The van der Waals surface area contributed by atoms with Crippen molar-refractivity contribution in [3.05, 3.63) is 12.7 Å². The van der Waals surface area contributed by atoms with E-state index in [2.05, 4.69) is 39.3 Å². The molecular weight excluding hydrogens is 885 g/mol. The third-order valence-corrected chi connectivity index (χ3v) is 14.3. The summed E-state index contributed by atoms with van der Waals surface area (Å²) in [5.74, 6) is -1.72. The lowest BCUT2D eigenvalue weighted by Crippen LogP contribution is -2.51. The molecule has 2 aromatic rings. The summed E-state index contributed by atoms with van der Waals surface area (Å²) in [5, 5.41) is 36.8. The number of carbonyl (C=O) groups is 3. The molecule has 0 saturated carbocycles. The lowest BCUT2D eigenvalue weighted by atomic mass is 9.87. The van der Waals surface area contributed by atoms with E-state index in [-0.39, 0.29) is 59.4 Å². The van der Waals surface area contributed by atoms with Gasteiger partial charge < -0.3 is 56.0 Å². The van der Waals surface area contributed by atoms with Gasteiger partial charge in [-0.25, -0.2) is 28.6 Å². The van der Waals surface area contributed by atoms with Gasteiger partial charge in [-0.3, -0.25) is 37.4 Å². The predicted molar refractivity (Wildman–Crippen MR) is 206 cm³/mol. The normalized spacial score (nSPS) is 28.6. The summed E-state index contributed by atoms with van der Waals surface area (Å²) in [7, 11) is -14.5. The Hall–Kier alpha value is -2.52. The number of rotatable bonds is 20. The van der Waals surface area contributed by atoms with E-state index in [9.17, 15) is 63.0 Å². The molecule has 2 bridgehead atoms. The molecule has 3 unspecified atom stereocenters. The highest BCUT2D eigenvalue weighted by molar-refractivity contribution is 8.13. The van der Waals surface area contributed by atoms with E-state index in [1.54, 1.807) is 0 Å². The molecule has 2 aromatic heterocycles. The number of piperidine rings is 1. The van der Waals surface area contributed by atoms with Crippen molar-refractivity contribution in [2.45, 2.75) is 88.4 Å². The number of nitrogen functional groups attached to an aromatic ring is 1. The van der Waals surface area contributed by atoms with Crippen molar-refractivity contribution in [1.82, 2.24) is 35.1 Å². The Kier molecular flexibility index (Phi) is 15.7. The zero-order valence-electron chi connectivity index (χ0n) is 32.4. The summed E-state index contributed by atoms with van der Waals surface area (Å²) >= 11 is 1.03. The molecule has 0 aromatic carbocycles. The van der Waals surface area contributed by atoms with E-state index in [1.807, 2.05) is 7.05 Å². The minimum absolute atomic E-state index is 0.00772. The van der Waals surface area contributed by atoms with Crippen LogP contribution < -0.4 is 16.4 Å². The summed E-state index contributed by atoms with van der Waals surface area (Å²) in [6.07, 6.45) is -5.36. The molecule has 0 radical (unpaired) electrons. The fraction of sp³-hybridized carbons (Fsp3) is 0.733. The van der Waals surface area contributed by atoms with Gasteiger partial charge in [-0.05, 0) is 26.3 Å². The van der Waals surface area contributed by atoms with Crippen LogP contribution in [0.1, 0.15) is 45.8 Å². The first-order valence-electron chi connectivity index (χ1n) is 18.4. The Morgan fingerprint density at radius 1 is 1.05 bits per heavy atom. The summed E-state index contributed by atoms with van der Waals surface area (Å²) in [5.41, 5.74) is 4.25. The Balaban J connectivity index is 1.04. The molecule has 26 nitrogen and oxygen atoms in total. The average Bonchev–Trinajstić information content (AvgIpc) is 3.78. The second-order valence-electron chi connectivity index (χ2n) is 15.0. The van der Waals surface area contributed by atoms with Gasteiger partial charge in [0.05, 0.1) is 31.6 Å². The van der Waals surface area contributed by atoms with Crippen LogP contribution in [-0.4, -0.2) is 158 Å². The van der Waals surface area contributed by atoms with E-state index in [1.165, 1.54) is 13.8 Å². The number of ether oxygens (including phenoxy) is 1. The number of thioether (sulfide) groups is 1. The summed E-state index contributed by atoms with van der Waals surface area (Å²) < 4.78 is 62.3. The number of aliphatic hydroxyl groups excluding tert-OH is 3. The summed E-state index contributed by atoms with van der Waals surface area (Å²) in [6.45, 7) is 0.394. The number of aromatic nitrogens is 4. The Morgan fingerprint density at radius 2 is 1.75 bits per heavy atom. The van der Waals surface area contributed by atoms with Crippen molar-refractivity contribution in [1.29, 1.82) is 0 Å². The SMILES string of the molecule is CN1[C@H]2CC[C@@H]1[C@H](C(=O)SCCNC(=O)CCNC(=O)C(O)C(C)(C)COP(=O)(O)OP(=O)(O)OC[C@H]1O[C@@H](n3cnc4c(N)ncnc43)[C@H](O)[C@@H]1OP(=O)(O)O)[C@@H](O)C2. The molecule has 3 aliphatic heterocycles. The van der Waals surface area contributed by atoms with Crippen LogP contribution in [0.3, 0.4) is 0 Å². The molecule has 60 heavy (non-hydrogen) atoms. The third kappa shape index (κ3) is 12.1. The molecular formula is C30H49N8O18P3S. The number of hydrogen-bond acceptors (Lipinski definition) is 20. The van der Waals surface area contributed by atoms with Crippen LogP contribution in [-0.2, 0) is 50.7 Å². The summed E-state index contributed by atoms with van der Waals surface area (Å²) in [6, 6.07) is 0.272. The molecule has 0 spiro atoms. The molecule has 11 atom stereocenters. The van der Waals surface area contributed by atoms with Gasteiger partial charge in [0.15, 0.2) is 22.8 Å². The monoisotopic (exact) mass is 934 g/mol. The highest BCUT2D eigenvalue weighted by Crippen LogP contribution is 2.61. The first-order chi connectivity index (χ1) is 27.9. The zero-order chi connectivity index (χ0) is 44.4. The van der Waals surface area contributed by atoms with Crippen molar-refractivity contribution < 1.29 is 85.6 Å². The number of amides is 2. The molecule has 5 rings (SSSR count). The minimum Gasteiger partial charge on any atom is -0.392 e. The fourth-order valence-corrected chi connectivity index (χ4v) is 10.9. The maximum absolute atomic E-state index is 12.8. The van der Waals surface area contributed by atoms with Crippen molar-refractivity contribution in [3.8, 4) is 0 Å². The molecule has 0 aliphatic carbocycles. The topological polar surface area (TPSA) is 387 Å². The van der Waals surface area contributed by atoms with Crippen LogP contribution in [0.2, 0.25) is 0 Å². The van der Waals surface area contributed by atoms with E-state index >= 15 is 0 Å². The Bertz CT molecular complexity index is 2030. The minimum atomic E-state index is -5.58. The molecule has 3 saturated heterocycles. The number of hydrogen-bond donors (Lipinski definition) is 10. The smallest absolute Gasteiger partial charge is 0.392 e. The molecule has 30 heteroatoms. The van der Waals surface area contributed by atoms with Crippen LogP contribution in [0.4, 0.5) is 5.82 Å². The van der Waals surface area contributed by atoms with Crippen LogP contribution in [0.25, 0.3) is 11.2 Å². The first-order valence-corrected chi connectivity index (χ1v) is 23.9. The first kappa shape index (κ1) is 48.5. The van der Waals surface area contributed by atoms with Crippen LogP contribution in [0.15, 0.2) is 12.7 Å². The van der Waals surface area contributed by atoms with E-state index < -0.39 is 96.6 Å². The molecule has 338 valence electrons. The molecule has 3 aliphatic rings. The van der Waals surface area contributed by atoms with Crippen molar-refractivity contribution in [3.63, 3.8) is 0 Å².